The van der Waals surface area contributed by atoms with Gasteiger partial charge in [-0.2, -0.15) is 0 Å². The van der Waals surface area contributed by atoms with Crippen LogP contribution in [0.5, 0.6) is 0 Å². The summed E-state index contributed by atoms with van der Waals surface area (Å²) in [6.07, 6.45) is 0. The van der Waals surface area contributed by atoms with Crippen molar-refractivity contribution in [2.75, 3.05) is 16.8 Å². The molecule has 0 saturated heterocycles. The SMILES string of the molecule is C[C@@H](Sc1ccc(C(C)(C)C)cc1)C(=O)N1CC(=O)Nc2ccccc21. The van der Waals surface area contributed by atoms with Crippen LogP contribution in [0.4, 0.5) is 11.4 Å². The summed E-state index contributed by atoms with van der Waals surface area (Å²) < 4.78 is 0. The van der Waals surface area contributed by atoms with Gasteiger partial charge in [0.1, 0.15) is 6.54 Å². The maximum absolute atomic E-state index is 13.0. The van der Waals surface area contributed by atoms with E-state index in [-0.39, 0.29) is 29.0 Å². The summed E-state index contributed by atoms with van der Waals surface area (Å²) in [5.41, 5.74) is 2.81. The van der Waals surface area contributed by atoms with Gasteiger partial charge in [-0.05, 0) is 42.2 Å². The van der Waals surface area contributed by atoms with Crippen LogP contribution in [0.25, 0.3) is 0 Å². The van der Waals surface area contributed by atoms with Crippen molar-refractivity contribution >= 4 is 35.0 Å². The fraction of sp³-hybridized carbons (Fsp3) is 0.333. The number of thioether (sulfide) groups is 1. The number of hydrogen-bond donors (Lipinski definition) is 1. The van der Waals surface area contributed by atoms with Crippen molar-refractivity contribution in [2.24, 2.45) is 0 Å². The molecule has 1 N–H and O–H groups in total. The summed E-state index contributed by atoms with van der Waals surface area (Å²) in [4.78, 5) is 27.5. The lowest BCUT2D eigenvalue weighted by molar-refractivity contribution is -0.121. The van der Waals surface area contributed by atoms with Gasteiger partial charge in [-0.3, -0.25) is 14.5 Å². The molecule has 2 aromatic carbocycles. The molecule has 26 heavy (non-hydrogen) atoms. The summed E-state index contributed by atoms with van der Waals surface area (Å²) in [5, 5.41) is 2.53. The van der Waals surface area contributed by atoms with E-state index in [1.807, 2.05) is 31.2 Å². The number of amides is 2. The number of para-hydroxylation sites is 2. The number of fused-ring (bicyclic) bond motifs is 1. The highest BCUT2D eigenvalue weighted by molar-refractivity contribution is 8.00. The van der Waals surface area contributed by atoms with Crippen molar-refractivity contribution < 1.29 is 9.59 Å². The van der Waals surface area contributed by atoms with Gasteiger partial charge < -0.3 is 5.32 Å². The standard InChI is InChI=1S/C21H24N2O2S/c1-14(26-16-11-9-15(10-12-16)21(2,3)4)20(25)23-13-19(24)22-17-7-5-6-8-18(17)23/h5-12,14H,13H2,1-4H3,(H,22,24)/t14-/m1/s1. The van der Waals surface area contributed by atoms with Gasteiger partial charge in [-0.25, -0.2) is 0 Å². The van der Waals surface area contributed by atoms with E-state index in [4.69, 9.17) is 0 Å². The minimum Gasteiger partial charge on any atom is -0.323 e. The Morgan fingerprint density at radius 2 is 1.77 bits per heavy atom. The Hall–Kier alpha value is -2.27. The summed E-state index contributed by atoms with van der Waals surface area (Å²) in [6, 6.07) is 15.8. The van der Waals surface area contributed by atoms with Gasteiger partial charge in [-0.15, -0.1) is 11.8 Å². The molecule has 3 rings (SSSR count). The highest BCUT2D eigenvalue weighted by Crippen LogP contribution is 2.33. The van der Waals surface area contributed by atoms with Crippen LogP contribution in [0.15, 0.2) is 53.4 Å². The fourth-order valence-electron chi connectivity index (χ4n) is 2.94. The third-order valence-corrected chi connectivity index (χ3v) is 5.52. The molecule has 2 amide bonds. The molecule has 0 aliphatic carbocycles. The molecule has 0 bridgehead atoms. The van der Waals surface area contributed by atoms with Crippen molar-refractivity contribution in [3.8, 4) is 0 Å². The molecule has 1 heterocycles. The summed E-state index contributed by atoms with van der Waals surface area (Å²) in [7, 11) is 0. The van der Waals surface area contributed by atoms with Crippen LogP contribution in [0, 0.1) is 0 Å². The Bertz CT molecular complexity index is 825. The lowest BCUT2D eigenvalue weighted by Crippen LogP contribution is -2.45. The van der Waals surface area contributed by atoms with Crippen LogP contribution in [-0.2, 0) is 15.0 Å². The molecule has 2 aromatic rings. The van der Waals surface area contributed by atoms with Gasteiger partial charge in [0.25, 0.3) is 0 Å². The van der Waals surface area contributed by atoms with Gasteiger partial charge in [-0.1, -0.05) is 45.0 Å². The molecule has 0 spiro atoms. The lowest BCUT2D eigenvalue weighted by atomic mass is 9.87. The highest BCUT2D eigenvalue weighted by atomic mass is 32.2. The topological polar surface area (TPSA) is 49.4 Å². The molecule has 0 fully saturated rings. The Morgan fingerprint density at radius 1 is 1.12 bits per heavy atom. The van der Waals surface area contributed by atoms with Crippen LogP contribution in [0.3, 0.4) is 0 Å². The number of hydrogen-bond acceptors (Lipinski definition) is 3. The average molecular weight is 369 g/mol. The number of carbonyl (C=O) groups excluding carboxylic acids is 2. The second kappa shape index (κ2) is 7.16. The minimum absolute atomic E-state index is 0.0582. The van der Waals surface area contributed by atoms with Gasteiger partial charge in [0.2, 0.25) is 11.8 Å². The molecule has 136 valence electrons. The fourth-order valence-corrected chi connectivity index (χ4v) is 3.87. The Balaban J connectivity index is 1.75. The van der Waals surface area contributed by atoms with Crippen LogP contribution in [0.1, 0.15) is 33.3 Å². The first-order valence-corrected chi connectivity index (χ1v) is 9.61. The van der Waals surface area contributed by atoms with Crippen molar-refractivity contribution in [1.29, 1.82) is 0 Å². The molecule has 1 aliphatic rings. The predicted molar refractivity (Wildman–Crippen MR) is 108 cm³/mol. The Labute approximate surface area is 159 Å². The monoisotopic (exact) mass is 368 g/mol. The summed E-state index contributed by atoms with van der Waals surface area (Å²) >= 11 is 1.52. The number of nitrogens with one attached hydrogen (secondary N) is 1. The number of anilines is 2. The third kappa shape index (κ3) is 3.93. The molecular formula is C21H24N2O2S. The smallest absolute Gasteiger partial charge is 0.244 e. The summed E-state index contributed by atoms with van der Waals surface area (Å²) in [6.45, 7) is 8.49. The first-order chi connectivity index (χ1) is 12.3. The quantitative estimate of drug-likeness (QED) is 0.814. The predicted octanol–water partition coefficient (Wildman–Crippen LogP) is 4.45. The zero-order valence-corrected chi connectivity index (χ0v) is 16.4. The van der Waals surface area contributed by atoms with E-state index in [1.165, 1.54) is 17.3 Å². The second-order valence-corrected chi connectivity index (χ2v) is 8.94. The molecule has 4 nitrogen and oxygen atoms in total. The normalized spacial score (nSPS) is 15.2. The van der Waals surface area contributed by atoms with Crippen LogP contribution in [-0.4, -0.2) is 23.6 Å². The third-order valence-electron chi connectivity index (χ3n) is 4.42. The molecule has 0 aromatic heterocycles. The number of benzene rings is 2. The van der Waals surface area contributed by atoms with Gasteiger partial charge >= 0.3 is 0 Å². The zero-order chi connectivity index (χ0) is 18.9. The zero-order valence-electron chi connectivity index (χ0n) is 15.6. The molecule has 1 atom stereocenters. The van der Waals surface area contributed by atoms with Crippen molar-refractivity contribution in [1.82, 2.24) is 0 Å². The highest BCUT2D eigenvalue weighted by Gasteiger charge is 2.30. The molecule has 0 saturated carbocycles. The Kier molecular flexibility index (Phi) is 5.10. The van der Waals surface area contributed by atoms with Crippen LogP contribution in [0.2, 0.25) is 0 Å². The van der Waals surface area contributed by atoms with Crippen LogP contribution >= 0.6 is 11.8 Å². The number of nitrogens with zero attached hydrogens (tertiary/aromatic N) is 1. The minimum atomic E-state index is -0.283. The molecular weight excluding hydrogens is 344 g/mol. The number of rotatable bonds is 3. The second-order valence-electron chi connectivity index (χ2n) is 7.52. The van der Waals surface area contributed by atoms with E-state index in [0.29, 0.717) is 5.69 Å². The van der Waals surface area contributed by atoms with E-state index < -0.39 is 0 Å². The van der Waals surface area contributed by atoms with E-state index in [9.17, 15) is 9.59 Å². The molecule has 0 unspecified atom stereocenters. The van der Waals surface area contributed by atoms with E-state index in [2.05, 4.69) is 50.4 Å². The Morgan fingerprint density at radius 3 is 2.42 bits per heavy atom. The van der Waals surface area contributed by atoms with Gasteiger partial charge in [0.05, 0.1) is 16.6 Å². The van der Waals surface area contributed by atoms with E-state index in [1.54, 1.807) is 4.90 Å². The first kappa shape index (κ1) is 18.5. The van der Waals surface area contributed by atoms with Crippen LogP contribution < -0.4 is 10.2 Å². The van der Waals surface area contributed by atoms with E-state index >= 15 is 0 Å². The van der Waals surface area contributed by atoms with Gasteiger partial charge in [0, 0.05) is 4.90 Å². The van der Waals surface area contributed by atoms with E-state index in [0.717, 1.165) is 10.6 Å². The van der Waals surface area contributed by atoms with Crippen molar-refractivity contribution in [3.63, 3.8) is 0 Å². The largest absolute Gasteiger partial charge is 0.323 e. The van der Waals surface area contributed by atoms with Gasteiger partial charge in [0.15, 0.2) is 0 Å². The maximum atomic E-state index is 13.0. The first-order valence-electron chi connectivity index (χ1n) is 8.73. The summed E-state index contributed by atoms with van der Waals surface area (Å²) in [5.74, 6) is -0.221. The molecule has 5 heteroatoms. The molecule has 1 aliphatic heterocycles. The average Bonchev–Trinajstić information content (AvgIpc) is 2.60. The number of carbonyl (C=O) groups is 2. The molecule has 0 radical (unpaired) electrons. The van der Waals surface area contributed by atoms with Crippen molar-refractivity contribution in [3.05, 3.63) is 54.1 Å². The lowest BCUT2D eigenvalue weighted by Gasteiger charge is -2.31. The van der Waals surface area contributed by atoms with Crippen molar-refractivity contribution in [2.45, 2.75) is 43.3 Å². The maximum Gasteiger partial charge on any atom is 0.244 e.